The monoisotopic (exact) mass is 700 g/mol. The number of hydrogen-bond acceptors (Lipinski definition) is 4. The van der Waals surface area contributed by atoms with Gasteiger partial charge in [-0.1, -0.05) is 80.5 Å². The molecule has 0 spiro atoms. The van der Waals surface area contributed by atoms with Crippen molar-refractivity contribution in [3.05, 3.63) is 41.5 Å². The summed E-state index contributed by atoms with van der Waals surface area (Å²) in [6.45, 7) is 27.0. The number of esters is 1. The van der Waals surface area contributed by atoms with Gasteiger partial charge in [0.05, 0.1) is 18.1 Å². The van der Waals surface area contributed by atoms with Gasteiger partial charge in [0.15, 0.2) is 0 Å². The van der Waals surface area contributed by atoms with E-state index in [1.54, 1.807) is 0 Å². The summed E-state index contributed by atoms with van der Waals surface area (Å²) in [5, 5.41) is 0.0205. The van der Waals surface area contributed by atoms with Gasteiger partial charge in [0.2, 0.25) is 0 Å². The van der Waals surface area contributed by atoms with E-state index in [0.717, 1.165) is 25.7 Å². The lowest BCUT2D eigenvalue weighted by Gasteiger charge is -2.72. The van der Waals surface area contributed by atoms with Crippen molar-refractivity contribution in [3.8, 4) is 0 Å². The van der Waals surface area contributed by atoms with Crippen LogP contribution in [0.3, 0.4) is 0 Å². The van der Waals surface area contributed by atoms with E-state index in [1.807, 2.05) is 12.1 Å². The van der Waals surface area contributed by atoms with Crippen molar-refractivity contribution in [2.75, 3.05) is 7.11 Å². The van der Waals surface area contributed by atoms with Crippen molar-refractivity contribution in [2.45, 2.75) is 151 Å². The minimum Gasteiger partial charge on any atom is -0.519 e. The van der Waals surface area contributed by atoms with Crippen LogP contribution in [0, 0.1) is 62.1 Å². The lowest BCUT2D eigenvalue weighted by Crippen LogP contribution is -2.66. The Balaban J connectivity index is 1.22. The summed E-state index contributed by atoms with van der Waals surface area (Å²) in [6, 6.07) is 8.11. The molecule has 0 amide bonds. The van der Waals surface area contributed by atoms with E-state index in [4.69, 9.17) is 9.16 Å². The SMILES string of the molecule is COC(=O)c1ccc(C2=CCC3(C)C(CCC4(C)C3CCC3C5C(C6(C)CC6)CCC5(C(=O)O[Si](C)(C)C(C)(C)C)CCC34C)C2(C)C)cc1. The standard InChI is InChI=1S/C45H68O4Si/c1-39(2,3)50(11,12)49-38(47)45-24-20-32(41(6)25-26-41)36(45)33-17-18-35-42(7)22-19-31(29-13-15-30(16-14-29)37(46)48-10)40(4,5)34(42)21-23-44(35,9)43(33,8)27-28-45/h13-16,19,32-36H,17-18,20-28H2,1-12H3. The van der Waals surface area contributed by atoms with Crippen LogP contribution in [0.2, 0.25) is 18.1 Å². The number of carbonyl (C=O) groups excluding carboxylic acids is 2. The molecule has 0 radical (unpaired) electrons. The predicted molar refractivity (Wildman–Crippen MR) is 206 cm³/mol. The molecule has 7 rings (SSSR count). The van der Waals surface area contributed by atoms with Gasteiger partial charge >= 0.3 is 5.97 Å². The summed E-state index contributed by atoms with van der Waals surface area (Å²) in [5.41, 5.74) is 4.13. The highest BCUT2D eigenvalue weighted by Crippen LogP contribution is 2.79. The maximum Gasteiger partial charge on any atom is 0.337 e. The number of ether oxygens (including phenoxy) is 1. The average molecular weight is 701 g/mol. The normalized spacial score (nSPS) is 41.4. The summed E-state index contributed by atoms with van der Waals surface area (Å²) in [4.78, 5) is 27.0. The summed E-state index contributed by atoms with van der Waals surface area (Å²) < 4.78 is 11.8. The van der Waals surface area contributed by atoms with Crippen LogP contribution in [0.25, 0.3) is 5.57 Å². The van der Waals surface area contributed by atoms with Crippen LogP contribution < -0.4 is 0 Å². The number of carbonyl (C=O) groups is 2. The molecular formula is C45H68O4Si. The van der Waals surface area contributed by atoms with E-state index >= 15 is 0 Å². The van der Waals surface area contributed by atoms with Crippen LogP contribution in [0.5, 0.6) is 0 Å². The second kappa shape index (κ2) is 11.3. The van der Waals surface area contributed by atoms with E-state index in [2.05, 4.69) is 93.6 Å². The van der Waals surface area contributed by atoms with Crippen molar-refractivity contribution in [2.24, 2.45) is 62.1 Å². The van der Waals surface area contributed by atoms with Crippen molar-refractivity contribution < 1.29 is 18.8 Å². The Morgan fingerprint density at radius 1 is 0.760 bits per heavy atom. The summed E-state index contributed by atoms with van der Waals surface area (Å²) in [6.07, 6.45) is 15.9. The first-order valence-corrected chi connectivity index (χ1v) is 23.2. The quantitative estimate of drug-likeness (QED) is 0.227. The molecule has 0 N–H and O–H groups in total. The molecule has 6 aliphatic carbocycles. The van der Waals surface area contributed by atoms with Crippen molar-refractivity contribution >= 4 is 25.8 Å². The van der Waals surface area contributed by atoms with Gasteiger partial charge in [-0.15, -0.1) is 0 Å². The lowest BCUT2D eigenvalue weighted by molar-refractivity contribution is -0.230. The van der Waals surface area contributed by atoms with Gasteiger partial charge in [0.25, 0.3) is 14.3 Å². The second-order valence-corrected chi connectivity index (χ2v) is 26.1. The first-order chi connectivity index (χ1) is 23.1. The molecule has 5 fully saturated rings. The average Bonchev–Trinajstić information content (AvgIpc) is 3.64. The molecule has 5 saturated carbocycles. The molecule has 4 nitrogen and oxygen atoms in total. The fourth-order valence-electron chi connectivity index (χ4n) is 13.8. The number of allylic oxidation sites excluding steroid dienone is 2. The molecular weight excluding hydrogens is 633 g/mol. The van der Waals surface area contributed by atoms with Gasteiger partial charge in [0.1, 0.15) is 0 Å². The Bertz CT molecular complexity index is 1580. The molecule has 276 valence electrons. The molecule has 0 bridgehead atoms. The molecule has 5 heteroatoms. The number of rotatable bonds is 5. The maximum absolute atomic E-state index is 14.8. The van der Waals surface area contributed by atoms with Gasteiger partial charge in [-0.3, -0.25) is 4.79 Å². The summed E-state index contributed by atoms with van der Waals surface area (Å²) in [7, 11) is -0.787. The third-order valence-corrected chi connectivity index (χ3v) is 22.4. The third-order valence-electron chi connectivity index (χ3n) is 18.1. The highest BCUT2D eigenvalue weighted by atomic mass is 28.4. The minimum absolute atomic E-state index is 0.0205. The Morgan fingerprint density at radius 2 is 1.42 bits per heavy atom. The van der Waals surface area contributed by atoms with Gasteiger partial charge in [-0.25, -0.2) is 4.79 Å². The number of methoxy groups -OCH3 is 1. The minimum atomic E-state index is -2.23. The fraction of sp³-hybridized carbons (Fsp3) is 0.778. The van der Waals surface area contributed by atoms with E-state index in [1.165, 1.54) is 63.2 Å². The van der Waals surface area contributed by atoms with Gasteiger partial charge < -0.3 is 9.16 Å². The highest BCUT2D eigenvalue weighted by Gasteiger charge is 2.73. The van der Waals surface area contributed by atoms with E-state index in [-0.39, 0.29) is 44.1 Å². The maximum atomic E-state index is 14.8. The Labute approximate surface area is 305 Å². The topological polar surface area (TPSA) is 52.6 Å². The van der Waals surface area contributed by atoms with Gasteiger partial charge in [0, 0.05) is 0 Å². The summed E-state index contributed by atoms with van der Waals surface area (Å²) >= 11 is 0. The Morgan fingerprint density at radius 3 is 2.02 bits per heavy atom. The van der Waals surface area contributed by atoms with Crippen LogP contribution in [-0.2, 0) is 14.0 Å². The molecule has 0 saturated heterocycles. The largest absolute Gasteiger partial charge is 0.519 e. The second-order valence-electron chi connectivity index (χ2n) is 21.4. The molecule has 0 aliphatic heterocycles. The zero-order valence-corrected chi connectivity index (χ0v) is 34.7. The molecule has 9 atom stereocenters. The number of hydrogen-bond donors (Lipinski definition) is 0. The van der Waals surface area contributed by atoms with Crippen molar-refractivity contribution in [1.29, 1.82) is 0 Å². The van der Waals surface area contributed by atoms with Gasteiger partial charge in [-0.05, 0) is 169 Å². The van der Waals surface area contributed by atoms with Crippen LogP contribution in [0.1, 0.15) is 149 Å². The first kappa shape index (κ1) is 36.5. The van der Waals surface area contributed by atoms with Crippen molar-refractivity contribution in [3.63, 3.8) is 0 Å². The Kier molecular flexibility index (Phi) is 8.25. The summed E-state index contributed by atoms with van der Waals surface area (Å²) in [5.74, 6) is 2.87. The van der Waals surface area contributed by atoms with Crippen molar-refractivity contribution in [1.82, 2.24) is 0 Å². The van der Waals surface area contributed by atoms with Crippen LogP contribution >= 0.6 is 0 Å². The van der Waals surface area contributed by atoms with Crippen LogP contribution in [0.4, 0.5) is 0 Å². The van der Waals surface area contributed by atoms with E-state index in [0.29, 0.717) is 40.6 Å². The zero-order valence-electron chi connectivity index (χ0n) is 33.7. The number of fused-ring (bicyclic) bond motifs is 7. The van der Waals surface area contributed by atoms with Crippen LogP contribution in [0.15, 0.2) is 30.3 Å². The molecule has 0 heterocycles. The third kappa shape index (κ3) is 4.92. The zero-order chi connectivity index (χ0) is 36.5. The lowest BCUT2D eigenvalue weighted by atomic mass is 9.32. The fourth-order valence-corrected chi connectivity index (χ4v) is 14.8. The highest BCUT2D eigenvalue weighted by molar-refractivity contribution is 6.75. The molecule has 9 unspecified atom stereocenters. The van der Waals surface area contributed by atoms with Crippen LogP contribution in [-0.4, -0.2) is 27.4 Å². The molecule has 1 aromatic carbocycles. The molecule has 1 aromatic rings. The first-order valence-electron chi connectivity index (χ1n) is 20.2. The van der Waals surface area contributed by atoms with Gasteiger partial charge in [-0.2, -0.15) is 0 Å². The predicted octanol–water partition coefficient (Wildman–Crippen LogP) is 11.9. The molecule has 0 aromatic heterocycles. The van der Waals surface area contributed by atoms with E-state index in [9.17, 15) is 9.59 Å². The smallest absolute Gasteiger partial charge is 0.337 e. The Hall–Kier alpha value is -1.88. The van der Waals surface area contributed by atoms with E-state index < -0.39 is 8.32 Å². The number of benzene rings is 1. The molecule has 50 heavy (non-hydrogen) atoms. The molecule has 6 aliphatic rings.